The fourth-order valence-electron chi connectivity index (χ4n) is 3.03. The average molecular weight is 393 g/mol. The van der Waals surface area contributed by atoms with Crippen LogP contribution >= 0.6 is 0 Å². The van der Waals surface area contributed by atoms with Crippen molar-refractivity contribution in [1.29, 1.82) is 0 Å². The number of nitrogens with zero attached hydrogens (tertiary/aromatic N) is 2. The number of nitrogens with one attached hydrogen (secondary N) is 3. The number of carbonyl (C=O) groups is 1. The van der Waals surface area contributed by atoms with Gasteiger partial charge in [0.1, 0.15) is 5.69 Å². The molecule has 9 heteroatoms. The number of amides is 1. The molecule has 0 bridgehead atoms. The maximum atomic E-state index is 12.6. The van der Waals surface area contributed by atoms with E-state index in [2.05, 4.69) is 25.7 Å². The number of methoxy groups -OCH3 is 3. The number of ether oxygens (including phenoxy) is 3. The van der Waals surface area contributed by atoms with E-state index in [4.69, 9.17) is 14.2 Å². The molecule has 2 aromatic heterocycles. The van der Waals surface area contributed by atoms with Crippen molar-refractivity contribution < 1.29 is 19.0 Å². The molecule has 148 valence electrons. The Balaban J connectivity index is 1.59. The van der Waals surface area contributed by atoms with Gasteiger partial charge in [0.05, 0.1) is 38.7 Å². The van der Waals surface area contributed by atoms with Gasteiger partial charge in [-0.05, 0) is 36.4 Å². The SMILES string of the molecule is COc1cc(-c2cc(C(=O)Nc3ccc4cn[nH]c4c3)[nH]n2)cc(OC)c1OC. The zero-order valence-corrected chi connectivity index (χ0v) is 16.1. The fraction of sp³-hybridized carbons (Fsp3) is 0.150. The van der Waals surface area contributed by atoms with Crippen LogP contribution in [0.5, 0.6) is 17.2 Å². The number of aromatic nitrogens is 4. The van der Waals surface area contributed by atoms with Gasteiger partial charge >= 0.3 is 0 Å². The third kappa shape index (κ3) is 3.45. The maximum Gasteiger partial charge on any atom is 0.273 e. The topological polar surface area (TPSA) is 114 Å². The van der Waals surface area contributed by atoms with Crippen LogP contribution in [0.2, 0.25) is 0 Å². The Morgan fingerprint density at radius 2 is 1.72 bits per heavy atom. The molecule has 4 rings (SSSR count). The van der Waals surface area contributed by atoms with Crippen molar-refractivity contribution in [3.05, 3.63) is 48.3 Å². The number of H-pyrrole nitrogens is 2. The van der Waals surface area contributed by atoms with Crippen LogP contribution < -0.4 is 19.5 Å². The molecule has 0 atom stereocenters. The van der Waals surface area contributed by atoms with Crippen LogP contribution in [-0.4, -0.2) is 47.6 Å². The van der Waals surface area contributed by atoms with E-state index in [0.29, 0.717) is 39.9 Å². The molecule has 2 heterocycles. The standard InChI is InChI=1S/C20H19N5O4/c1-27-17-6-12(7-18(28-2)19(17)29-3)15-9-16(25-24-15)20(26)22-13-5-4-11-10-21-23-14(11)8-13/h4-10H,1-3H3,(H,21,23)(H,22,26)(H,24,25). The second-order valence-corrected chi connectivity index (χ2v) is 6.21. The van der Waals surface area contributed by atoms with Crippen LogP contribution in [0.1, 0.15) is 10.5 Å². The lowest BCUT2D eigenvalue weighted by atomic mass is 10.1. The molecule has 0 spiro atoms. The lowest BCUT2D eigenvalue weighted by Gasteiger charge is -2.13. The summed E-state index contributed by atoms with van der Waals surface area (Å²) in [5.74, 6) is 1.18. The highest BCUT2D eigenvalue weighted by Crippen LogP contribution is 2.40. The van der Waals surface area contributed by atoms with E-state index in [0.717, 1.165) is 10.9 Å². The summed E-state index contributed by atoms with van der Waals surface area (Å²) in [6.07, 6.45) is 1.72. The summed E-state index contributed by atoms with van der Waals surface area (Å²) in [7, 11) is 4.62. The third-order valence-electron chi connectivity index (χ3n) is 4.48. The molecule has 29 heavy (non-hydrogen) atoms. The van der Waals surface area contributed by atoms with Crippen molar-refractivity contribution >= 4 is 22.5 Å². The predicted octanol–water partition coefficient (Wildman–Crippen LogP) is 3.23. The normalized spacial score (nSPS) is 10.7. The lowest BCUT2D eigenvalue weighted by molar-refractivity contribution is 0.102. The Kier molecular flexibility index (Phi) is 4.78. The first-order valence-electron chi connectivity index (χ1n) is 8.73. The van der Waals surface area contributed by atoms with E-state index < -0.39 is 0 Å². The van der Waals surface area contributed by atoms with Gasteiger partial charge in [-0.15, -0.1) is 0 Å². The predicted molar refractivity (Wildman–Crippen MR) is 108 cm³/mol. The Hall–Kier alpha value is -4.01. The second kappa shape index (κ2) is 7.55. The van der Waals surface area contributed by atoms with E-state index in [-0.39, 0.29) is 5.91 Å². The minimum atomic E-state index is -0.310. The van der Waals surface area contributed by atoms with E-state index in [1.165, 1.54) is 7.11 Å². The quantitative estimate of drug-likeness (QED) is 0.463. The smallest absolute Gasteiger partial charge is 0.273 e. The molecule has 2 aromatic carbocycles. The van der Waals surface area contributed by atoms with E-state index in [1.807, 2.05) is 18.2 Å². The summed E-state index contributed by atoms with van der Waals surface area (Å²) < 4.78 is 16.1. The summed E-state index contributed by atoms with van der Waals surface area (Å²) in [4.78, 5) is 12.6. The van der Waals surface area contributed by atoms with E-state index in [9.17, 15) is 4.79 Å². The van der Waals surface area contributed by atoms with Crippen molar-refractivity contribution in [2.24, 2.45) is 0 Å². The summed E-state index contributed by atoms with van der Waals surface area (Å²) in [6, 6.07) is 10.7. The average Bonchev–Trinajstić information content (AvgIpc) is 3.41. The van der Waals surface area contributed by atoms with Crippen molar-refractivity contribution in [2.75, 3.05) is 26.6 Å². The van der Waals surface area contributed by atoms with Gasteiger partial charge in [-0.25, -0.2) is 0 Å². The molecule has 1 amide bonds. The first kappa shape index (κ1) is 18.4. The number of aromatic amines is 2. The van der Waals surface area contributed by atoms with Gasteiger partial charge in [-0.1, -0.05) is 0 Å². The van der Waals surface area contributed by atoms with Crippen molar-refractivity contribution in [2.45, 2.75) is 0 Å². The minimum Gasteiger partial charge on any atom is -0.493 e. The molecule has 3 N–H and O–H groups in total. The molecule has 4 aromatic rings. The van der Waals surface area contributed by atoms with Gasteiger partial charge in [0.2, 0.25) is 5.75 Å². The van der Waals surface area contributed by atoms with Gasteiger partial charge in [0.25, 0.3) is 5.91 Å². The highest BCUT2D eigenvalue weighted by atomic mass is 16.5. The van der Waals surface area contributed by atoms with Crippen LogP contribution in [0.25, 0.3) is 22.2 Å². The number of fused-ring (bicyclic) bond motifs is 1. The largest absolute Gasteiger partial charge is 0.493 e. The molecule has 0 aliphatic heterocycles. The number of rotatable bonds is 6. The summed E-state index contributed by atoms with van der Waals surface area (Å²) in [6.45, 7) is 0. The number of benzene rings is 2. The zero-order valence-electron chi connectivity index (χ0n) is 16.1. The van der Waals surface area contributed by atoms with Gasteiger partial charge in [-0.2, -0.15) is 10.2 Å². The van der Waals surface area contributed by atoms with E-state index in [1.54, 1.807) is 38.6 Å². The number of anilines is 1. The molecule has 0 radical (unpaired) electrons. The number of hydrogen-bond donors (Lipinski definition) is 3. The van der Waals surface area contributed by atoms with Crippen LogP contribution in [0.4, 0.5) is 5.69 Å². The fourth-order valence-corrected chi connectivity index (χ4v) is 3.03. The van der Waals surface area contributed by atoms with Crippen molar-refractivity contribution in [3.8, 4) is 28.5 Å². The highest BCUT2D eigenvalue weighted by Gasteiger charge is 2.17. The number of hydrogen-bond acceptors (Lipinski definition) is 6. The van der Waals surface area contributed by atoms with Crippen molar-refractivity contribution in [1.82, 2.24) is 20.4 Å². The van der Waals surface area contributed by atoms with Crippen LogP contribution in [0.15, 0.2) is 42.6 Å². The van der Waals surface area contributed by atoms with Crippen LogP contribution in [-0.2, 0) is 0 Å². The molecule has 9 nitrogen and oxygen atoms in total. The highest BCUT2D eigenvalue weighted by molar-refractivity contribution is 6.04. The maximum absolute atomic E-state index is 12.6. The number of carbonyl (C=O) groups excluding carboxylic acids is 1. The molecule has 0 fully saturated rings. The molecule has 0 saturated heterocycles. The Morgan fingerprint density at radius 3 is 2.41 bits per heavy atom. The zero-order chi connectivity index (χ0) is 20.4. The lowest BCUT2D eigenvalue weighted by Crippen LogP contribution is -2.12. The minimum absolute atomic E-state index is 0.310. The van der Waals surface area contributed by atoms with Gasteiger partial charge in [0, 0.05) is 16.6 Å². The molecule has 0 aliphatic carbocycles. The van der Waals surface area contributed by atoms with Crippen molar-refractivity contribution in [3.63, 3.8) is 0 Å². The molecule has 0 aliphatic rings. The summed E-state index contributed by atoms with van der Waals surface area (Å²) in [5, 5.41) is 17.7. The van der Waals surface area contributed by atoms with Gasteiger partial charge in [-0.3, -0.25) is 15.0 Å². The summed E-state index contributed by atoms with van der Waals surface area (Å²) in [5.41, 5.74) is 3.09. The monoisotopic (exact) mass is 393 g/mol. The van der Waals surface area contributed by atoms with Crippen LogP contribution in [0, 0.1) is 0 Å². The molecular formula is C20H19N5O4. The molecule has 0 unspecified atom stereocenters. The molecule has 0 saturated carbocycles. The van der Waals surface area contributed by atoms with Crippen LogP contribution in [0.3, 0.4) is 0 Å². The first-order chi connectivity index (χ1) is 14.1. The molecular weight excluding hydrogens is 374 g/mol. The Bertz CT molecular complexity index is 1160. The van der Waals surface area contributed by atoms with Gasteiger partial charge < -0.3 is 19.5 Å². The third-order valence-corrected chi connectivity index (χ3v) is 4.48. The van der Waals surface area contributed by atoms with E-state index >= 15 is 0 Å². The first-order valence-corrected chi connectivity index (χ1v) is 8.73. The van der Waals surface area contributed by atoms with Gasteiger partial charge in [0.15, 0.2) is 11.5 Å². The Morgan fingerprint density at radius 1 is 0.966 bits per heavy atom. The second-order valence-electron chi connectivity index (χ2n) is 6.21. The summed E-state index contributed by atoms with van der Waals surface area (Å²) >= 11 is 0. The Labute approximate surface area is 166 Å².